The molecule has 0 fully saturated rings. The summed E-state index contributed by atoms with van der Waals surface area (Å²) in [4.78, 5) is 3.91. The third-order valence-electron chi connectivity index (χ3n) is 1.65. The van der Waals surface area contributed by atoms with Crippen molar-refractivity contribution in [2.24, 2.45) is 0 Å². The van der Waals surface area contributed by atoms with Gasteiger partial charge in [-0.15, -0.1) is 0 Å². The van der Waals surface area contributed by atoms with Gasteiger partial charge < -0.3 is 4.52 Å². The first-order valence-corrected chi connectivity index (χ1v) is 5.13. The Hall–Kier alpha value is -0.900. The van der Waals surface area contributed by atoms with E-state index >= 15 is 0 Å². The first-order valence-electron chi connectivity index (χ1n) is 3.67. The Kier molecular flexibility index (Phi) is 2.07. The van der Waals surface area contributed by atoms with Crippen molar-refractivity contribution < 1.29 is 18.1 Å². The van der Waals surface area contributed by atoms with Crippen molar-refractivity contribution in [1.82, 2.24) is 4.98 Å². The molecule has 70 valence electrons. The van der Waals surface area contributed by atoms with Crippen molar-refractivity contribution in [2.45, 2.75) is 6.61 Å². The number of hydrogen-bond donors (Lipinski definition) is 0. The fourth-order valence-electron chi connectivity index (χ4n) is 0.987. The van der Waals surface area contributed by atoms with Gasteiger partial charge in [-0.1, -0.05) is 0 Å². The highest BCUT2D eigenvalue weighted by Gasteiger charge is 2.33. The fraction of sp³-hybridized carbons (Fsp3) is 0.286. The van der Waals surface area contributed by atoms with Gasteiger partial charge in [0, 0.05) is 18.9 Å². The van der Waals surface area contributed by atoms with Crippen LogP contribution < -0.4 is 4.52 Å². The summed E-state index contributed by atoms with van der Waals surface area (Å²) in [6.07, 6.45) is 1.56. The molecule has 0 aromatic carbocycles. The zero-order chi connectivity index (χ0) is 9.31. The molecule has 5 nitrogen and oxygen atoms in total. The van der Waals surface area contributed by atoms with Crippen LogP contribution in [0.5, 0.6) is 5.88 Å². The molecule has 1 atom stereocenters. The maximum Gasteiger partial charge on any atom is 0.531 e. The van der Waals surface area contributed by atoms with Crippen LogP contribution in [0.15, 0.2) is 18.3 Å². The van der Waals surface area contributed by atoms with Crippen molar-refractivity contribution in [3.8, 4) is 5.88 Å². The molecule has 1 aromatic heterocycles. The molecule has 0 amide bonds. The molecule has 6 heteroatoms. The third kappa shape index (κ3) is 1.58. The molecular formula is C7H8NO4P. The smallest absolute Gasteiger partial charge is 0.385 e. The topological polar surface area (TPSA) is 57.7 Å². The Morgan fingerprint density at radius 2 is 2.54 bits per heavy atom. The van der Waals surface area contributed by atoms with Crippen molar-refractivity contribution in [1.29, 1.82) is 0 Å². The molecule has 13 heavy (non-hydrogen) atoms. The molecule has 0 spiro atoms. The van der Waals surface area contributed by atoms with Gasteiger partial charge in [-0.25, -0.2) is 9.55 Å². The summed E-state index contributed by atoms with van der Waals surface area (Å²) in [6, 6.07) is 3.55. The van der Waals surface area contributed by atoms with Gasteiger partial charge in [0.2, 0.25) is 5.88 Å². The molecule has 0 saturated carbocycles. The average Bonchev–Trinajstić information content (AvgIpc) is 2.18. The van der Waals surface area contributed by atoms with Crippen LogP contribution in [0.3, 0.4) is 0 Å². The maximum atomic E-state index is 11.5. The number of phosphoric ester groups is 1. The molecule has 2 heterocycles. The van der Waals surface area contributed by atoms with Gasteiger partial charge in [-0.05, 0) is 12.1 Å². The first-order chi connectivity index (χ1) is 6.23. The summed E-state index contributed by atoms with van der Waals surface area (Å²) in [7, 11) is -2.12. The number of nitrogens with zero attached hydrogens (tertiary/aromatic N) is 1. The van der Waals surface area contributed by atoms with Crippen molar-refractivity contribution in [3.63, 3.8) is 0 Å². The summed E-state index contributed by atoms with van der Waals surface area (Å²) in [6.45, 7) is 0.203. The minimum absolute atomic E-state index is 0.203. The molecule has 1 aromatic rings. The lowest BCUT2D eigenvalue weighted by molar-refractivity contribution is 0.152. The standard InChI is InChI=1S/C7H8NO4P/c1-10-13(9)11-5-6-3-2-4-8-7(6)12-13/h2-4H,5H2,1H3. The summed E-state index contributed by atoms with van der Waals surface area (Å²) in [5.74, 6) is 0.318. The van der Waals surface area contributed by atoms with E-state index < -0.39 is 7.82 Å². The lowest BCUT2D eigenvalue weighted by Gasteiger charge is -2.21. The predicted octanol–water partition coefficient (Wildman–Crippen LogP) is 1.75. The van der Waals surface area contributed by atoms with E-state index in [0.29, 0.717) is 5.88 Å². The summed E-state index contributed by atoms with van der Waals surface area (Å²) < 4.78 is 25.9. The molecule has 1 aliphatic heterocycles. The first kappa shape index (κ1) is 8.69. The molecule has 0 saturated heterocycles. The molecule has 0 radical (unpaired) electrons. The monoisotopic (exact) mass is 201 g/mol. The number of phosphoric acid groups is 1. The normalized spacial score (nSPS) is 26.2. The van der Waals surface area contributed by atoms with Gasteiger partial charge >= 0.3 is 7.82 Å². The van der Waals surface area contributed by atoms with E-state index in [0.717, 1.165) is 5.56 Å². The molecule has 1 aliphatic rings. The van der Waals surface area contributed by atoms with E-state index in [1.165, 1.54) is 7.11 Å². The summed E-state index contributed by atoms with van der Waals surface area (Å²) >= 11 is 0. The van der Waals surface area contributed by atoms with Crippen LogP contribution in [-0.2, 0) is 20.2 Å². The van der Waals surface area contributed by atoms with Crippen molar-refractivity contribution in [2.75, 3.05) is 7.11 Å². The van der Waals surface area contributed by atoms with E-state index in [4.69, 9.17) is 9.05 Å². The SMILES string of the molecule is COP1(=O)OCc2cccnc2O1. The Bertz CT molecular complexity index is 367. The molecular weight excluding hydrogens is 193 g/mol. The largest absolute Gasteiger partial charge is 0.531 e. The zero-order valence-electron chi connectivity index (χ0n) is 6.97. The Labute approximate surface area is 75.3 Å². The minimum atomic E-state index is -3.39. The van der Waals surface area contributed by atoms with E-state index in [2.05, 4.69) is 9.51 Å². The quantitative estimate of drug-likeness (QED) is 0.647. The van der Waals surface area contributed by atoms with Crippen LogP contribution in [0, 0.1) is 0 Å². The fourth-order valence-corrected chi connectivity index (χ4v) is 1.89. The van der Waals surface area contributed by atoms with Crippen LogP contribution in [0.25, 0.3) is 0 Å². The van der Waals surface area contributed by atoms with Gasteiger partial charge in [0.15, 0.2) is 0 Å². The lowest BCUT2D eigenvalue weighted by atomic mass is 10.3. The second-order valence-corrected chi connectivity index (χ2v) is 4.16. The number of pyridine rings is 1. The maximum absolute atomic E-state index is 11.5. The Balaban J connectivity index is 2.35. The highest BCUT2D eigenvalue weighted by Crippen LogP contribution is 2.52. The van der Waals surface area contributed by atoms with E-state index in [1.54, 1.807) is 18.3 Å². The van der Waals surface area contributed by atoms with Crippen molar-refractivity contribution in [3.05, 3.63) is 23.9 Å². The molecule has 0 N–H and O–H groups in total. The van der Waals surface area contributed by atoms with E-state index in [9.17, 15) is 4.57 Å². The van der Waals surface area contributed by atoms with Crippen molar-refractivity contribution >= 4 is 7.82 Å². The second kappa shape index (κ2) is 3.10. The van der Waals surface area contributed by atoms with Gasteiger partial charge in [0.1, 0.15) is 0 Å². The number of hydrogen-bond acceptors (Lipinski definition) is 5. The van der Waals surface area contributed by atoms with Gasteiger partial charge in [0.25, 0.3) is 0 Å². The van der Waals surface area contributed by atoms with Gasteiger partial charge in [-0.3, -0.25) is 9.05 Å². The zero-order valence-corrected chi connectivity index (χ0v) is 7.86. The summed E-state index contributed by atoms with van der Waals surface area (Å²) in [5, 5.41) is 0. The third-order valence-corrected chi connectivity index (χ3v) is 2.94. The minimum Gasteiger partial charge on any atom is -0.385 e. The molecule has 0 aliphatic carbocycles. The van der Waals surface area contributed by atoms with Crippen LogP contribution in [0.1, 0.15) is 5.56 Å². The number of aromatic nitrogens is 1. The van der Waals surface area contributed by atoms with Gasteiger partial charge in [-0.2, -0.15) is 0 Å². The number of fused-ring (bicyclic) bond motifs is 1. The van der Waals surface area contributed by atoms with Crippen LogP contribution >= 0.6 is 7.82 Å². The Morgan fingerprint density at radius 3 is 3.31 bits per heavy atom. The second-order valence-electron chi connectivity index (χ2n) is 2.46. The molecule has 0 bridgehead atoms. The average molecular weight is 201 g/mol. The summed E-state index contributed by atoms with van der Waals surface area (Å²) in [5.41, 5.74) is 0.769. The van der Waals surface area contributed by atoms with Gasteiger partial charge in [0.05, 0.1) is 6.61 Å². The molecule has 1 unspecified atom stereocenters. The predicted molar refractivity (Wildman–Crippen MR) is 44.3 cm³/mol. The molecule has 2 rings (SSSR count). The highest BCUT2D eigenvalue weighted by atomic mass is 31.2. The van der Waals surface area contributed by atoms with Crippen LogP contribution in [0.4, 0.5) is 0 Å². The highest BCUT2D eigenvalue weighted by molar-refractivity contribution is 7.48. The van der Waals surface area contributed by atoms with Crippen LogP contribution in [0.2, 0.25) is 0 Å². The Morgan fingerprint density at radius 1 is 1.69 bits per heavy atom. The van der Waals surface area contributed by atoms with E-state index in [-0.39, 0.29) is 6.61 Å². The lowest BCUT2D eigenvalue weighted by Crippen LogP contribution is -2.09. The van der Waals surface area contributed by atoms with Crippen LogP contribution in [-0.4, -0.2) is 12.1 Å². The number of rotatable bonds is 1. The van der Waals surface area contributed by atoms with E-state index in [1.807, 2.05) is 0 Å².